The van der Waals surface area contributed by atoms with Gasteiger partial charge in [0.2, 0.25) is 0 Å². The number of hydrogen-bond donors (Lipinski definition) is 2. The minimum atomic E-state index is -4.13. The van der Waals surface area contributed by atoms with Crippen LogP contribution in [-0.2, 0) is 10.1 Å². The van der Waals surface area contributed by atoms with Crippen LogP contribution in [0.2, 0.25) is 0 Å². The molecule has 18 heavy (non-hydrogen) atoms. The summed E-state index contributed by atoms with van der Waals surface area (Å²) in [5, 5.41) is 0. The van der Waals surface area contributed by atoms with Crippen LogP contribution < -0.4 is 29.6 Å². The molecule has 0 unspecified atom stereocenters. The first-order chi connectivity index (χ1) is 7.98. The third-order valence-corrected chi connectivity index (χ3v) is 3.63. The Morgan fingerprint density at radius 3 is 2.06 bits per heavy atom. The number of hydrogen-bond acceptors (Lipinski definition) is 3. The number of rotatable bonds is 2. The average molecular weight is 290 g/mol. The van der Waals surface area contributed by atoms with Gasteiger partial charge in [-0.3, -0.25) is 4.55 Å². The third-order valence-electron chi connectivity index (χ3n) is 2.37. The van der Waals surface area contributed by atoms with Crippen LogP contribution in [0.3, 0.4) is 0 Å². The van der Waals surface area contributed by atoms with E-state index in [9.17, 15) is 8.42 Å². The van der Waals surface area contributed by atoms with E-state index in [4.69, 9.17) is 4.55 Å². The molecule has 2 aromatic carbocycles. The van der Waals surface area contributed by atoms with Crippen LogP contribution in [0.5, 0.6) is 0 Å². The second-order valence-corrected chi connectivity index (χ2v) is 5.42. The van der Waals surface area contributed by atoms with Crippen molar-refractivity contribution in [3.05, 3.63) is 48.5 Å². The second-order valence-electron chi connectivity index (χ2n) is 3.52. The van der Waals surface area contributed by atoms with E-state index < -0.39 is 10.1 Å². The largest absolute Gasteiger partial charge is 1.00 e. The number of thiol groups is 1. The van der Waals surface area contributed by atoms with Gasteiger partial charge in [-0.1, -0.05) is 30.3 Å². The zero-order valence-corrected chi connectivity index (χ0v) is 13.4. The van der Waals surface area contributed by atoms with Crippen molar-refractivity contribution in [1.82, 2.24) is 0 Å². The summed E-state index contributed by atoms with van der Waals surface area (Å²) in [5.74, 6) is 0. The molecule has 0 radical (unpaired) electrons. The summed E-state index contributed by atoms with van der Waals surface area (Å²) in [5.41, 5.74) is 1.76. The molecule has 6 heteroatoms. The van der Waals surface area contributed by atoms with Crippen molar-refractivity contribution in [3.63, 3.8) is 0 Å². The Balaban J connectivity index is 0.00000162. The average Bonchev–Trinajstić information content (AvgIpc) is 2.29. The van der Waals surface area contributed by atoms with Gasteiger partial charge in [0.15, 0.2) is 0 Å². The Bertz CT molecular complexity index is 642. The normalized spacial score (nSPS) is 10.8. The molecule has 0 aliphatic carbocycles. The molecule has 0 spiro atoms. The predicted octanol–water partition coefficient (Wildman–Crippen LogP) is 0.00550. The molecule has 0 amide bonds. The van der Waals surface area contributed by atoms with Crippen LogP contribution in [0.25, 0.3) is 11.1 Å². The third kappa shape index (κ3) is 3.60. The molecule has 0 heterocycles. The number of benzene rings is 2. The van der Waals surface area contributed by atoms with E-state index in [-0.39, 0.29) is 35.9 Å². The predicted molar refractivity (Wildman–Crippen MR) is 70.1 cm³/mol. The Morgan fingerprint density at radius 2 is 1.56 bits per heavy atom. The van der Waals surface area contributed by atoms with Gasteiger partial charge in [0, 0.05) is 4.90 Å². The molecule has 3 nitrogen and oxygen atoms in total. The molecule has 0 bridgehead atoms. The smallest absolute Gasteiger partial charge is 1.00 e. The first kappa shape index (κ1) is 15.8. The van der Waals surface area contributed by atoms with E-state index in [1.807, 2.05) is 24.3 Å². The maximum absolute atomic E-state index is 10.9. The molecule has 0 aliphatic heterocycles. The standard InChI is InChI=1S/C12H10O3S2.Na.H/c13-17(14,15)10-7-5-9(6-8-10)11-3-1-2-4-12(11)16;;/h1-8,16H,(H,13,14,15);;/q;+1;-1. The van der Waals surface area contributed by atoms with E-state index in [0.717, 1.165) is 16.0 Å². The van der Waals surface area contributed by atoms with E-state index in [2.05, 4.69) is 12.6 Å². The summed E-state index contributed by atoms with van der Waals surface area (Å²) in [4.78, 5) is 0.699. The van der Waals surface area contributed by atoms with Crippen LogP contribution in [-0.4, -0.2) is 13.0 Å². The fraction of sp³-hybridized carbons (Fsp3) is 0. The zero-order chi connectivity index (χ0) is 12.5. The van der Waals surface area contributed by atoms with Crippen molar-refractivity contribution in [2.45, 2.75) is 9.79 Å². The molecular formula is C12H11NaO3S2. The van der Waals surface area contributed by atoms with Gasteiger partial charge in [0.05, 0.1) is 4.90 Å². The van der Waals surface area contributed by atoms with E-state index in [1.54, 1.807) is 12.1 Å². The van der Waals surface area contributed by atoms with E-state index in [0.29, 0.717) is 0 Å². The van der Waals surface area contributed by atoms with E-state index >= 15 is 0 Å². The van der Waals surface area contributed by atoms with Gasteiger partial charge in [-0.15, -0.1) is 12.6 Å². The van der Waals surface area contributed by atoms with Crippen molar-refractivity contribution >= 4 is 22.7 Å². The van der Waals surface area contributed by atoms with Gasteiger partial charge in [-0.2, -0.15) is 8.42 Å². The summed E-state index contributed by atoms with van der Waals surface area (Å²) >= 11 is 4.32. The van der Waals surface area contributed by atoms with Gasteiger partial charge < -0.3 is 1.43 Å². The molecule has 1 N–H and O–H groups in total. The summed E-state index contributed by atoms with van der Waals surface area (Å²) in [6.07, 6.45) is 0. The topological polar surface area (TPSA) is 54.4 Å². The molecular weight excluding hydrogens is 279 g/mol. The Morgan fingerprint density at radius 1 is 1.00 bits per heavy atom. The fourth-order valence-corrected chi connectivity index (χ4v) is 2.29. The second kappa shape index (κ2) is 6.23. The van der Waals surface area contributed by atoms with Crippen LogP contribution in [0.4, 0.5) is 0 Å². The maximum Gasteiger partial charge on any atom is 1.00 e. The van der Waals surface area contributed by atoms with Crippen molar-refractivity contribution in [2.24, 2.45) is 0 Å². The first-order valence-corrected chi connectivity index (χ1v) is 6.73. The summed E-state index contributed by atoms with van der Waals surface area (Å²) in [6, 6.07) is 13.5. The molecule has 0 saturated carbocycles. The van der Waals surface area contributed by atoms with E-state index in [1.165, 1.54) is 12.1 Å². The molecule has 2 rings (SSSR count). The van der Waals surface area contributed by atoms with Gasteiger partial charge >= 0.3 is 29.6 Å². The van der Waals surface area contributed by atoms with Gasteiger partial charge in [0.25, 0.3) is 10.1 Å². The monoisotopic (exact) mass is 290 g/mol. The van der Waals surface area contributed by atoms with Gasteiger partial charge in [-0.25, -0.2) is 0 Å². The summed E-state index contributed by atoms with van der Waals surface area (Å²) in [7, 11) is -4.13. The van der Waals surface area contributed by atoms with Crippen LogP contribution in [0.1, 0.15) is 1.43 Å². The summed E-state index contributed by atoms with van der Waals surface area (Å²) < 4.78 is 30.6. The van der Waals surface area contributed by atoms with Crippen molar-refractivity contribution < 1.29 is 44.0 Å². The Kier molecular flexibility index (Phi) is 5.46. The molecule has 0 saturated heterocycles. The van der Waals surface area contributed by atoms with Crippen molar-refractivity contribution in [1.29, 1.82) is 0 Å². The molecule has 0 atom stereocenters. The van der Waals surface area contributed by atoms with Crippen LogP contribution in [0.15, 0.2) is 58.3 Å². The summed E-state index contributed by atoms with van der Waals surface area (Å²) in [6.45, 7) is 0. The van der Waals surface area contributed by atoms with Gasteiger partial charge in [0.1, 0.15) is 0 Å². The SMILES string of the molecule is O=S(=O)(O)c1ccc(-c2ccccc2S)cc1.[H-].[Na+]. The van der Waals surface area contributed by atoms with Crippen LogP contribution >= 0.6 is 12.6 Å². The van der Waals surface area contributed by atoms with Gasteiger partial charge in [-0.05, 0) is 29.3 Å². The first-order valence-electron chi connectivity index (χ1n) is 4.84. The molecule has 0 fully saturated rings. The van der Waals surface area contributed by atoms with Crippen molar-refractivity contribution in [3.8, 4) is 11.1 Å². The molecule has 90 valence electrons. The zero-order valence-electron chi connectivity index (χ0n) is 10.7. The quantitative estimate of drug-likeness (QED) is 0.465. The molecule has 0 aliphatic rings. The van der Waals surface area contributed by atoms with Crippen molar-refractivity contribution in [2.75, 3.05) is 0 Å². The Hall–Kier alpha value is -0.300. The Labute approximate surface area is 135 Å². The minimum absolute atomic E-state index is 0. The minimum Gasteiger partial charge on any atom is -1.00 e. The maximum atomic E-state index is 10.9. The molecule has 0 aromatic heterocycles. The fourth-order valence-electron chi connectivity index (χ4n) is 1.52. The molecule has 2 aromatic rings. The van der Waals surface area contributed by atoms with Crippen LogP contribution in [0, 0.1) is 0 Å².